The van der Waals surface area contributed by atoms with Crippen molar-refractivity contribution in [3.63, 3.8) is 0 Å². The summed E-state index contributed by atoms with van der Waals surface area (Å²) in [6, 6.07) is 51.0. The standard InChI is InChI=1S/C73H70O14/c1-71(2)59-11-7-5-9-52(59)54-17-13-46(37-61(54)71)48-15-19-56-57-20-16-49(47-14-18-55-53-10-6-8-12-60(53)72(3,4)62(55)38-47)40-64(57)73(63(56)39-48,50-41-58(70(75)76)68-65(42-50)83-33-29-79-25-21-77-23-27-81-31-35-85-68)51-43-66-69(67(44-51)87-45-74)86-36-32-82-28-24-78-22-26-80-30-34-84-66/h5-20,37-45H,21-36H2,1-4H3,(H,75,76). The van der Waals surface area contributed by atoms with Crippen molar-refractivity contribution in [1.82, 2.24) is 0 Å². The van der Waals surface area contributed by atoms with Gasteiger partial charge in [-0.1, -0.05) is 125 Å². The first kappa shape index (κ1) is 57.7. The van der Waals surface area contributed by atoms with Crippen LogP contribution in [0.25, 0.3) is 55.6 Å². The van der Waals surface area contributed by atoms with Crippen LogP contribution in [0, 0.1) is 0 Å². The fraction of sp³-hybridized carbons (Fsp3) is 0.315. The Labute approximate surface area is 506 Å². The number of fused-ring (bicyclic) bond motifs is 11. The lowest BCUT2D eigenvalue weighted by Crippen LogP contribution is -2.30. The van der Waals surface area contributed by atoms with E-state index in [-0.39, 0.29) is 98.0 Å². The highest BCUT2D eigenvalue weighted by molar-refractivity contribution is 5.96. The Balaban J connectivity index is 1.09. The van der Waals surface area contributed by atoms with E-state index in [0.717, 1.165) is 44.5 Å². The molecule has 87 heavy (non-hydrogen) atoms. The molecule has 0 saturated heterocycles. The maximum absolute atomic E-state index is 14.2. The van der Waals surface area contributed by atoms with Crippen LogP contribution >= 0.6 is 0 Å². The zero-order valence-corrected chi connectivity index (χ0v) is 49.5. The number of aromatic carboxylic acids is 1. The maximum atomic E-state index is 14.2. The minimum atomic E-state index is -1.46. The van der Waals surface area contributed by atoms with Gasteiger partial charge in [-0.15, -0.1) is 0 Å². The quantitative estimate of drug-likeness (QED) is 0.150. The minimum Gasteiger partial charge on any atom is -0.487 e. The number of ether oxygens (including phenoxy) is 11. The first-order valence-electron chi connectivity index (χ1n) is 30.0. The minimum absolute atomic E-state index is 0.0255. The van der Waals surface area contributed by atoms with E-state index in [9.17, 15) is 14.7 Å². The number of rotatable bonds is 7. The molecule has 0 spiro atoms. The fourth-order valence-electron chi connectivity index (χ4n) is 13.6. The molecule has 0 unspecified atom stereocenters. The van der Waals surface area contributed by atoms with Gasteiger partial charge in [0, 0.05) is 10.8 Å². The van der Waals surface area contributed by atoms with Crippen LogP contribution in [-0.2, 0) is 49.5 Å². The summed E-state index contributed by atoms with van der Waals surface area (Å²) in [5.74, 6) is -0.516. The lowest BCUT2D eigenvalue weighted by molar-refractivity contribution is -0.120. The topological polar surface area (TPSA) is 156 Å². The molecule has 0 saturated carbocycles. The monoisotopic (exact) mass is 1170 g/mol. The predicted octanol–water partition coefficient (Wildman–Crippen LogP) is 12.9. The second-order valence-corrected chi connectivity index (χ2v) is 23.4. The molecule has 8 aromatic rings. The van der Waals surface area contributed by atoms with E-state index < -0.39 is 11.4 Å². The van der Waals surface area contributed by atoms with Gasteiger partial charge in [0.1, 0.15) is 32.0 Å². The van der Waals surface area contributed by atoms with Gasteiger partial charge < -0.3 is 57.2 Å². The number of benzene rings is 8. The number of hydrogen-bond donors (Lipinski definition) is 1. The first-order valence-corrected chi connectivity index (χ1v) is 30.0. The highest BCUT2D eigenvalue weighted by Crippen LogP contribution is 2.61. The van der Waals surface area contributed by atoms with E-state index in [2.05, 4.69) is 149 Å². The van der Waals surface area contributed by atoms with Crippen molar-refractivity contribution in [2.24, 2.45) is 0 Å². The van der Waals surface area contributed by atoms with Gasteiger partial charge in [-0.3, -0.25) is 4.79 Å². The third kappa shape index (κ3) is 10.6. The Morgan fingerprint density at radius 3 is 1.16 bits per heavy atom. The van der Waals surface area contributed by atoms with E-state index in [1.165, 1.54) is 44.5 Å². The predicted molar refractivity (Wildman–Crippen MR) is 330 cm³/mol. The summed E-state index contributed by atoms with van der Waals surface area (Å²) in [6.07, 6.45) is 0. The molecule has 3 aliphatic carbocycles. The second kappa shape index (κ2) is 24.4. The zero-order chi connectivity index (χ0) is 59.7. The zero-order valence-electron chi connectivity index (χ0n) is 49.5. The third-order valence-corrected chi connectivity index (χ3v) is 17.7. The van der Waals surface area contributed by atoms with Gasteiger partial charge in [0.25, 0.3) is 6.47 Å². The number of carbonyl (C=O) groups excluding carboxylic acids is 1. The van der Waals surface area contributed by atoms with E-state index >= 15 is 0 Å². The van der Waals surface area contributed by atoms with Gasteiger partial charge in [-0.2, -0.15) is 0 Å². The van der Waals surface area contributed by atoms with Gasteiger partial charge >= 0.3 is 5.97 Å². The Bertz CT molecular complexity index is 3760. The summed E-state index contributed by atoms with van der Waals surface area (Å²) in [5.41, 5.74) is 16.0. The Hall–Kier alpha value is -8.34. The smallest absolute Gasteiger partial charge is 0.339 e. The SMILES string of the molecule is CC1(C)c2ccccc2-c2ccc(-c3ccc4c(c3)C(c3cc(OC=O)c5c(c3)OCCOCCOCCOCCO5)(c3cc5c(c(C(=O)O)c3)OCCOCCOCCOCCO5)c3cc(-c5ccc6c(c5)C(C)(C)c5ccccc5-6)ccc3-4)cc21. The van der Waals surface area contributed by atoms with E-state index in [4.69, 9.17) is 52.1 Å². The molecule has 0 aromatic heterocycles. The van der Waals surface area contributed by atoms with Crippen LogP contribution in [-0.4, -0.2) is 123 Å². The molecule has 2 heterocycles. The average Bonchev–Trinajstić information content (AvgIpc) is 1.59. The van der Waals surface area contributed by atoms with Gasteiger partial charge in [-0.25, -0.2) is 4.79 Å². The van der Waals surface area contributed by atoms with E-state index in [1.54, 1.807) is 12.1 Å². The third-order valence-electron chi connectivity index (χ3n) is 17.7. The summed E-state index contributed by atoms with van der Waals surface area (Å²) in [5, 5.41) is 11.6. The van der Waals surface area contributed by atoms with Crippen LogP contribution in [0.2, 0.25) is 0 Å². The normalized spacial score (nSPS) is 17.9. The molecule has 5 aliphatic rings. The highest BCUT2D eigenvalue weighted by Gasteiger charge is 2.49. The molecule has 0 amide bonds. The van der Waals surface area contributed by atoms with Crippen LogP contribution in [0.15, 0.2) is 146 Å². The van der Waals surface area contributed by atoms with Gasteiger partial charge in [0.05, 0.1) is 84.7 Å². The summed E-state index contributed by atoms with van der Waals surface area (Å²) in [4.78, 5) is 27.1. The van der Waals surface area contributed by atoms with Crippen molar-refractivity contribution >= 4 is 12.4 Å². The number of carboxylic acids is 1. The second-order valence-electron chi connectivity index (χ2n) is 23.4. The summed E-state index contributed by atoms with van der Waals surface area (Å²) in [7, 11) is 0. The van der Waals surface area contributed by atoms with Crippen molar-refractivity contribution < 1.29 is 66.8 Å². The van der Waals surface area contributed by atoms with Crippen LogP contribution in [0.5, 0.6) is 28.7 Å². The Kier molecular flexibility index (Phi) is 16.2. The molecule has 2 aliphatic heterocycles. The molecule has 1 N–H and O–H groups in total. The first-order chi connectivity index (χ1) is 42.5. The van der Waals surface area contributed by atoms with Gasteiger partial charge in [0.2, 0.25) is 5.75 Å². The average molecular weight is 1170 g/mol. The molecule has 446 valence electrons. The van der Waals surface area contributed by atoms with Gasteiger partial charge in [0.15, 0.2) is 23.0 Å². The number of carbonyl (C=O) groups is 2. The summed E-state index contributed by atoms with van der Waals surface area (Å²) < 4.78 is 67.5. The molecular formula is C73H70O14. The van der Waals surface area contributed by atoms with Gasteiger partial charge in [-0.05, 0) is 149 Å². The molecule has 13 rings (SSSR count). The lowest BCUT2D eigenvalue weighted by atomic mass is 9.66. The van der Waals surface area contributed by atoms with Crippen molar-refractivity contribution in [1.29, 1.82) is 0 Å². The Morgan fingerprint density at radius 1 is 0.391 bits per heavy atom. The van der Waals surface area contributed by atoms with E-state index in [0.29, 0.717) is 70.5 Å². The molecule has 0 bridgehead atoms. The summed E-state index contributed by atoms with van der Waals surface area (Å²) >= 11 is 0. The van der Waals surface area contributed by atoms with Crippen LogP contribution in [0.1, 0.15) is 82.6 Å². The number of hydrogen-bond acceptors (Lipinski definition) is 13. The van der Waals surface area contributed by atoms with Crippen molar-refractivity contribution in [2.75, 3.05) is 106 Å². The van der Waals surface area contributed by atoms with Crippen LogP contribution in [0.3, 0.4) is 0 Å². The van der Waals surface area contributed by atoms with Crippen LogP contribution in [0.4, 0.5) is 0 Å². The van der Waals surface area contributed by atoms with Crippen molar-refractivity contribution in [3.05, 3.63) is 196 Å². The number of carboxylic acid groups (broad SMARTS) is 1. The molecule has 0 radical (unpaired) electrons. The van der Waals surface area contributed by atoms with Crippen molar-refractivity contribution in [3.8, 4) is 84.4 Å². The largest absolute Gasteiger partial charge is 0.487 e. The van der Waals surface area contributed by atoms with Crippen molar-refractivity contribution in [2.45, 2.75) is 43.9 Å². The molecule has 0 atom stereocenters. The lowest BCUT2D eigenvalue weighted by Gasteiger charge is -2.36. The fourth-order valence-corrected chi connectivity index (χ4v) is 13.6. The molecule has 8 aromatic carbocycles. The molecule has 14 heteroatoms. The maximum Gasteiger partial charge on any atom is 0.339 e. The molecular weight excluding hydrogens is 1100 g/mol. The van der Waals surface area contributed by atoms with Crippen LogP contribution < -0.4 is 23.7 Å². The Morgan fingerprint density at radius 2 is 0.736 bits per heavy atom. The molecule has 0 fully saturated rings. The summed E-state index contributed by atoms with van der Waals surface area (Å²) in [6.45, 7) is 13.3. The highest BCUT2D eigenvalue weighted by atomic mass is 16.6. The molecule has 14 nitrogen and oxygen atoms in total. The van der Waals surface area contributed by atoms with E-state index in [1.807, 2.05) is 12.1 Å².